The van der Waals surface area contributed by atoms with Gasteiger partial charge in [-0.25, -0.2) is 4.68 Å². The second-order valence-electron chi connectivity index (χ2n) is 12.5. The van der Waals surface area contributed by atoms with Crippen LogP contribution in [0.4, 0.5) is 0 Å². The first kappa shape index (κ1) is 19.7. The maximum atomic E-state index is 10.6. The quantitative estimate of drug-likeness (QED) is 0.786. The van der Waals surface area contributed by atoms with Crippen molar-refractivity contribution in [1.82, 2.24) is 20.2 Å². The van der Waals surface area contributed by atoms with E-state index in [4.69, 9.17) is 0 Å². The maximum absolute atomic E-state index is 10.6. The van der Waals surface area contributed by atoms with Crippen LogP contribution in [-0.2, 0) is 6.54 Å². The third-order valence-electron chi connectivity index (χ3n) is 10.9. The summed E-state index contributed by atoms with van der Waals surface area (Å²) in [5.41, 5.74) is 0.178. The highest BCUT2D eigenvalue weighted by molar-refractivity contribution is 5.10. The van der Waals surface area contributed by atoms with Crippen molar-refractivity contribution in [3.63, 3.8) is 0 Å². The molecule has 5 aliphatic rings. The molecule has 5 nitrogen and oxygen atoms in total. The third-order valence-corrected chi connectivity index (χ3v) is 10.9. The molecule has 30 heavy (non-hydrogen) atoms. The minimum absolute atomic E-state index is 0.394. The van der Waals surface area contributed by atoms with E-state index in [1.54, 1.807) is 0 Å². The number of aliphatic hydroxyl groups is 1. The summed E-state index contributed by atoms with van der Waals surface area (Å²) in [6.45, 7) is 7.81. The monoisotopic (exact) mass is 412 g/mol. The number of aryl methyl sites for hydroxylation is 1. The second-order valence-corrected chi connectivity index (χ2v) is 12.5. The summed E-state index contributed by atoms with van der Waals surface area (Å²) < 4.78 is 2.02. The van der Waals surface area contributed by atoms with Gasteiger partial charge in [-0.2, -0.15) is 0 Å². The average Bonchev–Trinajstić information content (AvgIpc) is 3.18. The first-order chi connectivity index (χ1) is 14.4. The SMILES string of the molecule is Cc1nnnn1CC1CC1[C@H]1CC[C@H]2[C@@H]3CC[C@@H]4C[C@](C)(O)CC[C@@H]4[C@H]3CC[C@]12C. The van der Waals surface area contributed by atoms with Crippen LogP contribution in [0.25, 0.3) is 0 Å². The number of tetrazole rings is 1. The van der Waals surface area contributed by atoms with Crippen molar-refractivity contribution in [2.24, 2.45) is 52.8 Å². The van der Waals surface area contributed by atoms with Crippen molar-refractivity contribution in [3.8, 4) is 0 Å². The molecule has 0 spiro atoms. The Bertz CT molecular complexity index is 805. The fourth-order valence-electron chi connectivity index (χ4n) is 9.44. The molecule has 1 aromatic rings. The first-order valence-corrected chi connectivity index (χ1v) is 12.8. The second kappa shape index (κ2) is 6.76. The van der Waals surface area contributed by atoms with Crippen LogP contribution in [0.1, 0.15) is 83.9 Å². The number of rotatable bonds is 3. The zero-order chi connectivity index (χ0) is 20.7. The molecule has 0 aliphatic heterocycles. The number of nitrogens with zero attached hydrogens (tertiary/aromatic N) is 4. The van der Waals surface area contributed by atoms with Gasteiger partial charge in [0.15, 0.2) is 0 Å². The molecule has 5 fully saturated rings. The van der Waals surface area contributed by atoms with E-state index in [9.17, 15) is 5.11 Å². The van der Waals surface area contributed by atoms with Crippen molar-refractivity contribution < 1.29 is 5.11 Å². The van der Waals surface area contributed by atoms with Crippen LogP contribution >= 0.6 is 0 Å². The Labute approximate surface area is 181 Å². The van der Waals surface area contributed by atoms with E-state index >= 15 is 0 Å². The summed E-state index contributed by atoms with van der Waals surface area (Å²) in [5.74, 6) is 8.17. The number of aromatic nitrogens is 4. The van der Waals surface area contributed by atoms with E-state index < -0.39 is 5.60 Å². The Morgan fingerprint density at radius 1 is 0.933 bits per heavy atom. The molecule has 5 heteroatoms. The highest BCUT2D eigenvalue weighted by Crippen LogP contribution is 2.68. The van der Waals surface area contributed by atoms with Gasteiger partial charge in [-0.15, -0.1) is 5.10 Å². The molecule has 2 unspecified atom stereocenters. The minimum Gasteiger partial charge on any atom is -0.390 e. The predicted molar refractivity (Wildman–Crippen MR) is 115 cm³/mol. The Morgan fingerprint density at radius 2 is 1.70 bits per heavy atom. The lowest BCUT2D eigenvalue weighted by Crippen LogP contribution is -2.50. The fraction of sp³-hybridized carbons (Fsp3) is 0.960. The lowest BCUT2D eigenvalue weighted by atomic mass is 9.49. The largest absolute Gasteiger partial charge is 0.390 e. The molecule has 1 heterocycles. The average molecular weight is 413 g/mol. The molecule has 0 aromatic carbocycles. The molecule has 5 saturated carbocycles. The van der Waals surface area contributed by atoms with Gasteiger partial charge in [-0.3, -0.25) is 0 Å². The van der Waals surface area contributed by atoms with E-state index in [0.29, 0.717) is 5.41 Å². The summed E-state index contributed by atoms with van der Waals surface area (Å²) in [6.07, 6.45) is 13.4. The van der Waals surface area contributed by atoms with E-state index in [-0.39, 0.29) is 0 Å². The lowest BCUT2D eigenvalue weighted by molar-refractivity contribution is -0.101. The van der Waals surface area contributed by atoms with Crippen molar-refractivity contribution >= 4 is 0 Å². The van der Waals surface area contributed by atoms with Crippen LogP contribution in [0, 0.1) is 59.7 Å². The Balaban J connectivity index is 1.15. The zero-order valence-electron chi connectivity index (χ0n) is 19.1. The fourth-order valence-corrected chi connectivity index (χ4v) is 9.44. The summed E-state index contributed by atoms with van der Waals surface area (Å²) in [5, 5.41) is 22.7. The maximum Gasteiger partial charge on any atom is 0.148 e. The first-order valence-electron chi connectivity index (χ1n) is 12.8. The van der Waals surface area contributed by atoms with Gasteiger partial charge in [0.1, 0.15) is 5.82 Å². The number of hydrogen-bond acceptors (Lipinski definition) is 4. The molecule has 166 valence electrons. The van der Waals surface area contributed by atoms with Crippen LogP contribution < -0.4 is 0 Å². The van der Waals surface area contributed by atoms with Crippen molar-refractivity contribution in [2.75, 3.05) is 0 Å². The van der Waals surface area contributed by atoms with Gasteiger partial charge in [0.2, 0.25) is 0 Å². The van der Waals surface area contributed by atoms with Gasteiger partial charge in [-0.1, -0.05) is 6.92 Å². The van der Waals surface area contributed by atoms with Gasteiger partial charge in [0.25, 0.3) is 0 Å². The predicted octanol–water partition coefficient (Wildman–Crippen LogP) is 4.64. The molecule has 0 amide bonds. The van der Waals surface area contributed by atoms with Crippen LogP contribution in [0.2, 0.25) is 0 Å². The molecule has 0 radical (unpaired) electrons. The van der Waals surface area contributed by atoms with Crippen molar-refractivity contribution in [3.05, 3.63) is 5.82 Å². The lowest BCUT2D eigenvalue weighted by Gasteiger charge is -2.57. The van der Waals surface area contributed by atoms with E-state index in [2.05, 4.69) is 29.4 Å². The summed E-state index contributed by atoms with van der Waals surface area (Å²) in [4.78, 5) is 0. The van der Waals surface area contributed by atoms with Crippen LogP contribution in [0.3, 0.4) is 0 Å². The standard InChI is InChI=1S/C25H40N4O/c1-15-26-27-28-29(15)14-17-12-21(17)23-7-6-22-20-5-4-16-13-24(2,30)10-8-18(16)19(20)9-11-25(22,23)3/h16-23,30H,4-14H2,1-3H3/t16-,17?,18+,19-,20-,21?,22+,23-,24-,25+/m1/s1. The molecule has 0 bridgehead atoms. The normalized spacial score (nSPS) is 52.4. The van der Waals surface area contributed by atoms with Gasteiger partial charge in [0, 0.05) is 6.54 Å². The minimum atomic E-state index is -0.394. The van der Waals surface area contributed by atoms with Gasteiger partial charge >= 0.3 is 0 Å². The molecule has 10 atom stereocenters. The van der Waals surface area contributed by atoms with Crippen LogP contribution in [0.5, 0.6) is 0 Å². The zero-order valence-corrected chi connectivity index (χ0v) is 19.1. The topological polar surface area (TPSA) is 63.8 Å². The summed E-state index contributed by atoms with van der Waals surface area (Å²) in [7, 11) is 0. The summed E-state index contributed by atoms with van der Waals surface area (Å²) in [6, 6.07) is 0. The number of hydrogen-bond donors (Lipinski definition) is 1. The molecule has 1 N–H and O–H groups in total. The molecule has 5 aliphatic carbocycles. The van der Waals surface area contributed by atoms with Crippen molar-refractivity contribution in [2.45, 2.75) is 97.1 Å². The third kappa shape index (κ3) is 3.01. The Hall–Kier alpha value is -0.970. The van der Waals surface area contributed by atoms with E-state index in [0.717, 1.165) is 72.6 Å². The number of fused-ring (bicyclic) bond motifs is 5. The van der Waals surface area contributed by atoms with Crippen LogP contribution in [-0.4, -0.2) is 30.9 Å². The highest BCUT2D eigenvalue weighted by Gasteiger charge is 2.61. The molecular weight excluding hydrogens is 372 g/mol. The van der Waals surface area contributed by atoms with E-state index in [1.807, 2.05) is 11.6 Å². The van der Waals surface area contributed by atoms with E-state index in [1.165, 1.54) is 51.4 Å². The highest BCUT2D eigenvalue weighted by atomic mass is 16.3. The summed E-state index contributed by atoms with van der Waals surface area (Å²) >= 11 is 0. The Morgan fingerprint density at radius 3 is 2.47 bits per heavy atom. The smallest absolute Gasteiger partial charge is 0.148 e. The molecular formula is C25H40N4O. The van der Waals surface area contributed by atoms with Gasteiger partial charge in [0.05, 0.1) is 5.60 Å². The van der Waals surface area contributed by atoms with Gasteiger partial charge in [-0.05, 0) is 141 Å². The van der Waals surface area contributed by atoms with Gasteiger partial charge < -0.3 is 5.11 Å². The van der Waals surface area contributed by atoms with Crippen LogP contribution in [0.15, 0.2) is 0 Å². The van der Waals surface area contributed by atoms with Crippen molar-refractivity contribution in [1.29, 1.82) is 0 Å². The molecule has 1 aromatic heterocycles. The Kier molecular flexibility index (Phi) is 4.44. The molecule has 6 rings (SSSR count). The molecule has 0 saturated heterocycles.